The van der Waals surface area contributed by atoms with Gasteiger partial charge in [-0.15, -0.1) is 0 Å². The molecule has 4 N–H and O–H groups in total. The molecule has 326 valence electrons. The van der Waals surface area contributed by atoms with Gasteiger partial charge < -0.3 is 30.3 Å². The molecule has 2 amide bonds. The molecule has 0 aliphatic rings. The molecule has 0 saturated heterocycles. The van der Waals surface area contributed by atoms with E-state index in [1.807, 2.05) is 12.2 Å². The molecule has 0 saturated carbocycles. The number of esters is 1. The van der Waals surface area contributed by atoms with Crippen LogP contribution < -0.4 is 15.4 Å². The third-order valence-electron chi connectivity index (χ3n) is 9.18. The van der Waals surface area contributed by atoms with Crippen molar-refractivity contribution in [1.29, 1.82) is 0 Å². The summed E-state index contributed by atoms with van der Waals surface area (Å²) in [5, 5.41) is 25.0. The number of ether oxygens (including phenoxy) is 2. The Balaban J connectivity index is 1.75. The lowest BCUT2D eigenvalue weighted by Gasteiger charge is -2.26. The summed E-state index contributed by atoms with van der Waals surface area (Å²) in [7, 11) is 0. The minimum atomic E-state index is -1.29. The molecule has 2 aromatic carbocycles. The molecule has 2 aromatic rings. The van der Waals surface area contributed by atoms with Gasteiger partial charge >= 0.3 is 5.97 Å². The highest BCUT2D eigenvalue weighted by Gasteiger charge is 2.30. The van der Waals surface area contributed by atoms with Crippen molar-refractivity contribution in [2.45, 2.75) is 90.6 Å². The Morgan fingerprint density at radius 1 is 0.683 bits per heavy atom. The van der Waals surface area contributed by atoms with Crippen LogP contribution in [0.4, 0.5) is 0 Å². The van der Waals surface area contributed by atoms with Crippen LogP contribution in [0.2, 0.25) is 5.02 Å². The summed E-state index contributed by atoms with van der Waals surface area (Å²) >= 11 is 5.93. The van der Waals surface area contributed by atoms with E-state index in [2.05, 4.69) is 78.3 Å². The van der Waals surface area contributed by atoms with Gasteiger partial charge in [-0.25, -0.2) is 0 Å². The van der Waals surface area contributed by atoms with Gasteiger partial charge in [0.15, 0.2) is 11.4 Å². The zero-order valence-electron chi connectivity index (χ0n) is 35.5. The van der Waals surface area contributed by atoms with E-state index in [1.165, 1.54) is 0 Å². The maximum Gasteiger partial charge on any atom is 0.309 e. The summed E-state index contributed by atoms with van der Waals surface area (Å²) in [4.78, 5) is 51.5. The molecule has 0 fully saturated rings. The number of amides is 2. The summed E-state index contributed by atoms with van der Waals surface area (Å²) in [5.41, 5.74) is -0.337. The monoisotopic (exact) mass is 844 g/mol. The Morgan fingerprint density at radius 2 is 1.15 bits per heavy atom. The molecule has 0 radical (unpaired) electrons. The van der Waals surface area contributed by atoms with Crippen LogP contribution in [0.1, 0.15) is 101 Å². The fraction of sp³-hybridized carbons (Fsp3) is 0.429. The number of hydrogen-bond donors (Lipinski definition) is 4. The zero-order chi connectivity index (χ0) is 43.9. The van der Waals surface area contributed by atoms with E-state index in [1.54, 1.807) is 62.4 Å². The maximum absolute atomic E-state index is 13.2. The van der Waals surface area contributed by atoms with Crippen molar-refractivity contribution in [2.75, 3.05) is 32.9 Å². The zero-order valence-corrected chi connectivity index (χ0v) is 36.3. The van der Waals surface area contributed by atoms with E-state index < -0.39 is 29.3 Å². The lowest BCUT2D eigenvalue weighted by atomic mass is 10.0. The molecule has 2 rings (SSSR count). The SMILES string of the molecule is CCC=CCC=CCC=CCC=CCC=CCC=CCCC(=O)NCCC(CCNC(=O)C(C)(C)Oc1ccc(C(=O)c2ccc(Cl)cc2)cc1)C(=O)OCC(CO)CO. The molecule has 11 heteroatoms. The van der Waals surface area contributed by atoms with E-state index in [-0.39, 0.29) is 57.4 Å². The lowest BCUT2D eigenvalue weighted by molar-refractivity contribution is -0.151. The molecular weight excluding hydrogens is 780 g/mol. The summed E-state index contributed by atoms with van der Waals surface area (Å²) in [6.45, 7) is 4.88. The van der Waals surface area contributed by atoms with Gasteiger partial charge in [-0.05, 0) is 120 Å². The molecule has 0 aliphatic heterocycles. The molecule has 0 bridgehead atoms. The molecule has 0 spiro atoms. The Hall–Kier alpha value is -5.03. The highest BCUT2D eigenvalue weighted by molar-refractivity contribution is 6.30. The Morgan fingerprint density at radius 3 is 1.65 bits per heavy atom. The van der Waals surface area contributed by atoms with E-state index >= 15 is 0 Å². The van der Waals surface area contributed by atoms with E-state index in [9.17, 15) is 29.4 Å². The number of nitrogens with one attached hydrogen (secondary N) is 2. The highest BCUT2D eigenvalue weighted by atomic mass is 35.5. The number of aliphatic hydroxyl groups is 2. The first-order chi connectivity index (χ1) is 29.0. The van der Waals surface area contributed by atoms with Crippen LogP contribution >= 0.6 is 11.6 Å². The first-order valence-electron chi connectivity index (χ1n) is 20.9. The van der Waals surface area contributed by atoms with Gasteiger partial charge in [0.25, 0.3) is 5.91 Å². The molecule has 1 atom stereocenters. The van der Waals surface area contributed by atoms with Crippen LogP contribution in [-0.2, 0) is 19.1 Å². The fourth-order valence-electron chi connectivity index (χ4n) is 5.55. The van der Waals surface area contributed by atoms with Gasteiger partial charge in [0.1, 0.15) is 5.75 Å². The van der Waals surface area contributed by atoms with Crippen LogP contribution in [-0.4, -0.2) is 72.3 Å². The number of rotatable bonds is 30. The lowest BCUT2D eigenvalue weighted by Crippen LogP contribution is -2.47. The van der Waals surface area contributed by atoms with Gasteiger partial charge in [0.05, 0.1) is 25.7 Å². The van der Waals surface area contributed by atoms with Crippen molar-refractivity contribution in [1.82, 2.24) is 10.6 Å². The van der Waals surface area contributed by atoms with Crippen LogP contribution in [0.15, 0.2) is 121 Å². The van der Waals surface area contributed by atoms with Crippen molar-refractivity contribution < 1.29 is 38.9 Å². The highest BCUT2D eigenvalue weighted by Crippen LogP contribution is 2.22. The third kappa shape index (κ3) is 22.4. The standard InChI is InChI=1S/C49H65ClN2O8/c1-4-5-6-7-8-9-10-11-12-13-14-15-16-17-18-19-20-21-22-23-45(55)51-34-32-42(47(57)59-38-39(36-53)37-54)33-35-52-48(58)49(2,3)60-44-30-26-41(27-31-44)46(56)40-24-28-43(50)29-25-40/h5-6,8-9,11-12,14-15,17-18,20-21,24-31,39,42,53-54H,4,7,10,13,16,19,22-23,32-38H2,1-3H3,(H,51,55)(H,52,58). The number of benzene rings is 2. The molecule has 1 unspecified atom stereocenters. The smallest absolute Gasteiger partial charge is 0.309 e. The Labute approximate surface area is 362 Å². The molecule has 0 heterocycles. The van der Waals surface area contributed by atoms with Crippen LogP contribution in [0.3, 0.4) is 0 Å². The molecule has 10 nitrogen and oxygen atoms in total. The van der Waals surface area contributed by atoms with Gasteiger partial charge in [0, 0.05) is 41.6 Å². The third-order valence-corrected chi connectivity index (χ3v) is 9.43. The van der Waals surface area contributed by atoms with Crippen molar-refractivity contribution in [2.24, 2.45) is 11.8 Å². The van der Waals surface area contributed by atoms with Crippen LogP contribution in [0, 0.1) is 11.8 Å². The fourth-order valence-corrected chi connectivity index (χ4v) is 5.67. The summed E-state index contributed by atoms with van der Waals surface area (Å²) in [6, 6.07) is 13.1. The molecule has 0 aromatic heterocycles. The Bertz CT molecular complexity index is 1740. The van der Waals surface area contributed by atoms with Gasteiger partial charge in [-0.1, -0.05) is 91.4 Å². The topological polar surface area (TPSA) is 151 Å². The average molecular weight is 846 g/mol. The number of allylic oxidation sites excluding steroid dienone is 12. The maximum atomic E-state index is 13.2. The minimum absolute atomic E-state index is 0.125. The molecule has 60 heavy (non-hydrogen) atoms. The first-order valence-corrected chi connectivity index (χ1v) is 21.3. The quantitative estimate of drug-likeness (QED) is 0.0346. The van der Waals surface area contributed by atoms with Gasteiger partial charge in [0.2, 0.25) is 5.91 Å². The number of hydrogen-bond acceptors (Lipinski definition) is 8. The predicted octanol–water partition coefficient (Wildman–Crippen LogP) is 8.98. The number of aliphatic hydroxyl groups excluding tert-OH is 2. The van der Waals surface area contributed by atoms with Crippen LogP contribution in [0.5, 0.6) is 5.75 Å². The summed E-state index contributed by atoms with van der Waals surface area (Å²) in [5.74, 6) is -2.16. The Kier molecular flexibility index (Phi) is 26.3. The summed E-state index contributed by atoms with van der Waals surface area (Å²) in [6.07, 6.45) is 32.6. The number of ketones is 1. The number of carbonyl (C=O) groups excluding carboxylic acids is 4. The van der Waals surface area contributed by atoms with Crippen molar-refractivity contribution in [3.8, 4) is 5.75 Å². The second-order valence-electron chi connectivity index (χ2n) is 14.7. The predicted molar refractivity (Wildman–Crippen MR) is 241 cm³/mol. The molecule has 0 aliphatic carbocycles. The normalized spacial score (nSPS) is 12.8. The van der Waals surface area contributed by atoms with E-state index in [0.717, 1.165) is 38.5 Å². The van der Waals surface area contributed by atoms with Gasteiger partial charge in [-0.2, -0.15) is 0 Å². The second-order valence-corrected chi connectivity index (χ2v) is 15.1. The second kappa shape index (κ2) is 30.9. The van der Waals surface area contributed by atoms with Crippen molar-refractivity contribution in [3.05, 3.63) is 138 Å². The largest absolute Gasteiger partial charge is 0.478 e. The van der Waals surface area contributed by atoms with E-state index in [0.29, 0.717) is 34.7 Å². The van der Waals surface area contributed by atoms with Gasteiger partial charge in [-0.3, -0.25) is 19.2 Å². The minimum Gasteiger partial charge on any atom is -0.478 e. The average Bonchev–Trinajstić information content (AvgIpc) is 3.24. The first kappa shape index (κ1) is 51.1. The van der Waals surface area contributed by atoms with Crippen LogP contribution in [0.25, 0.3) is 0 Å². The van der Waals surface area contributed by atoms with E-state index in [4.69, 9.17) is 21.1 Å². The summed E-state index contributed by atoms with van der Waals surface area (Å²) < 4.78 is 11.3. The number of halogens is 1. The number of carbonyl (C=O) groups is 4. The van der Waals surface area contributed by atoms with Crippen molar-refractivity contribution >= 4 is 35.2 Å². The van der Waals surface area contributed by atoms with Crippen molar-refractivity contribution in [3.63, 3.8) is 0 Å². The molecular formula is C49H65ClN2O8.